The summed E-state index contributed by atoms with van der Waals surface area (Å²) in [5, 5.41) is 10.3. The molecule has 0 aromatic heterocycles. The molecule has 4 heteroatoms. The van der Waals surface area contributed by atoms with Crippen molar-refractivity contribution in [1.29, 1.82) is 0 Å². The average molecular weight is 316 g/mol. The normalized spacial score (nSPS) is 13.6. The average Bonchev–Trinajstić information content (AvgIpc) is 2.54. The molecule has 22 heavy (non-hydrogen) atoms. The van der Waals surface area contributed by atoms with Gasteiger partial charge in [0.15, 0.2) is 0 Å². The molecule has 2 aromatic carbocycles. The summed E-state index contributed by atoms with van der Waals surface area (Å²) in [4.78, 5) is 10.4. The number of hydrogen-bond donors (Lipinski definition) is 1. The van der Waals surface area contributed by atoms with Crippen LogP contribution < -0.4 is 0 Å². The summed E-state index contributed by atoms with van der Waals surface area (Å²) in [6, 6.07) is 19.7. The Labute approximate surface area is 135 Å². The highest BCUT2D eigenvalue weighted by atomic mass is 32.2. The molecule has 0 aliphatic heterocycles. The van der Waals surface area contributed by atoms with Gasteiger partial charge in [0.2, 0.25) is 4.93 Å². The molecule has 2 aromatic rings. The van der Waals surface area contributed by atoms with Gasteiger partial charge in [0.05, 0.1) is 11.9 Å². The first-order valence-corrected chi connectivity index (χ1v) is 8.10. The Morgan fingerprint density at radius 3 is 1.95 bits per heavy atom. The quantitative estimate of drug-likeness (QED) is 0.651. The smallest absolute Gasteiger partial charge is 0.348 e. The minimum absolute atomic E-state index is 0.151. The molecule has 0 radical (unpaired) electrons. The summed E-state index contributed by atoms with van der Waals surface area (Å²) in [6.07, 6.45) is 0. The van der Waals surface area contributed by atoms with Crippen molar-refractivity contribution in [2.45, 2.75) is 24.0 Å². The Balaban J connectivity index is 2.32. The fourth-order valence-corrected chi connectivity index (χ4v) is 3.33. The van der Waals surface area contributed by atoms with Crippen LogP contribution in [0.1, 0.15) is 30.2 Å². The zero-order valence-electron chi connectivity index (χ0n) is 12.7. The van der Waals surface area contributed by atoms with Gasteiger partial charge in [-0.1, -0.05) is 60.7 Å². The maximum atomic E-state index is 12.0. The van der Waals surface area contributed by atoms with Crippen LogP contribution >= 0.6 is 11.8 Å². The van der Waals surface area contributed by atoms with Crippen LogP contribution in [0.3, 0.4) is 0 Å². The van der Waals surface area contributed by atoms with Crippen molar-refractivity contribution in [1.82, 2.24) is 0 Å². The van der Waals surface area contributed by atoms with Crippen LogP contribution in [0.2, 0.25) is 0 Å². The van der Waals surface area contributed by atoms with Crippen molar-refractivity contribution >= 4 is 17.7 Å². The second-order valence-electron chi connectivity index (χ2n) is 5.02. The van der Waals surface area contributed by atoms with Crippen LogP contribution in [0.5, 0.6) is 0 Å². The SMILES string of the molecule is CCOC(=O)C(C)(O)SC(c1ccccc1)c1ccccc1. The third-order valence-electron chi connectivity index (χ3n) is 3.21. The maximum absolute atomic E-state index is 12.0. The molecule has 1 unspecified atom stereocenters. The Morgan fingerprint density at radius 2 is 1.55 bits per heavy atom. The van der Waals surface area contributed by atoms with E-state index in [0.717, 1.165) is 11.1 Å². The van der Waals surface area contributed by atoms with Gasteiger partial charge in [-0.25, -0.2) is 4.79 Å². The Hall–Kier alpha value is -1.78. The molecule has 0 saturated heterocycles. The lowest BCUT2D eigenvalue weighted by Gasteiger charge is -2.27. The van der Waals surface area contributed by atoms with Crippen LogP contribution in [-0.2, 0) is 9.53 Å². The fraction of sp³-hybridized carbons (Fsp3) is 0.278. The summed E-state index contributed by atoms with van der Waals surface area (Å²) in [7, 11) is 0. The highest BCUT2D eigenvalue weighted by Crippen LogP contribution is 2.42. The van der Waals surface area contributed by atoms with Crippen molar-refractivity contribution in [2.75, 3.05) is 6.61 Å². The largest absolute Gasteiger partial charge is 0.463 e. The number of hydrogen-bond acceptors (Lipinski definition) is 4. The van der Waals surface area contributed by atoms with Crippen LogP contribution in [0.15, 0.2) is 60.7 Å². The first-order chi connectivity index (χ1) is 10.5. The fourth-order valence-electron chi connectivity index (χ4n) is 2.13. The predicted octanol–water partition coefficient (Wildman–Crippen LogP) is 3.78. The number of ether oxygens (including phenoxy) is 1. The molecule has 3 nitrogen and oxygen atoms in total. The number of rotatable bonds is 6. The van der Waals surface area contributed by atoms with Crippen molar-refractivity contribution in [2.24, 2.45) is 0 Å². The Morgan fingerprint density at radius 1 is 1.09 bits per heavy atom. The second kappa shape index (κ2) is 7.47. The van der Waals surface area contributed by atoms with Gasteiger partial charge in [0.25, 0.3) is 0 Å². The Bertz CT molecular complexity index is 557. The van der Waals surface area contributed by atoms with Gasteiger partial charge in [-0.2, -0.15) is 0 Å². The number of carbonyl (C=O) groups is 1. The van der Waals surface area contributed by atoms with Gasteiger partial charge >= 0.3 is 5.97 Å². The van der Waals surface area contributed by atoms with E-state index in [1.165, 1.54) is 18.7 Å². The standard InChI is InChI=1S/C18H20O3S/c1-3-21-17(19)18(2,20)22-16(14-10-6-4-7-11-14)15-12-8-5-9-13-15/h4-13,16,20H,3H2,1-2H3. The molecule has 0 amide bonds. The van der Waals surface area contributed by atoms with Gasteiger partial charge in [0, 0.05) is 0 Å². The van der Waals surface area contributed by atoms with E-state index in [2.05, 4.69) is 0 Å². The highest BCUT2D eigenvalue weighted by molar-refractivity contribution is 8.01. The minimum Gasteiger partial charge on any atom is -0.463 e. The van der Waals surface area contributed by atoms with E-state index in [0.29, 0.717) is 0 Å². The van der Waals surface area contributed by atoms with Gasteiger partial charge < -0.3 is 9.84 Å². The van der Waals surface area contributed by atoms with Crippen molar-refractivity contribution < 1.29 is 14.6 Å². The van der Waals surface area contributed by atoms with E-state index in [1.807, 2.05) is 60.7 Å². The minimum atomic E-state index is -1.60. The van der Waals surface area contributed by atoms with Gasteiger partial charge in [0.1, 0.15) is 0 Å². The molecular weight excluding hydrogens is 296 g/mol. The van der Waals surface area contributed by atoms with Crippen molar-refractivity contribution in [3.63, 3.8) is 0 Å². The van der Waals surface area contributed by atoms with Crippen LogP contribution in [0, 0.1) is 0 Å². The lowest BCUT2D eigenvalue weighted by Crippen LogP contribution is -2.34. The molecule has 1 atom stereocenters. The van der Waals surface area contributed by atoms with Gasteiger partial charge in [-0.3, -0.25) is 0 Å². The topological polar surface area (TPSA) is 46.5 Å². The number of benzene rings is 2. The summed E-state index contributed by atoms with van der Waals surface area (Å²) >= 11 is 1.18. The van der Waals surface area contributed by atoms with Crippen LogP contribution in [0.25, 0.3) is 0 Å². The highest BCUT2D eigenvalue weighted by Gasteiger charge is 2.36. The molecule has 0 heterocycles. The number of esters is 1. The summed E-state index contributed by atoms with van der Waals surface area (Å²) < 4.78 is 4.97. The van der Waals surface area contributed by atoms with Crippen molar-refractivity contribution in [3.05, 3.63) is 71.8 Å². The Kier molecular flexibility index (Phi) is 5.63. The lowest BCUT2D eigenvalue weighted by molar-refractivity contribution is -0.154. The molecule has 0 spiro atoms. The molecule has 0 saturated carbocycles. The maximum Gasteiger partial charge on any atom is 0.348 e. The zero-order chi connectivity index (χ0) is 16.0. The van der Waals surface area contributed by atoms with Crippen LogP contribution in [0.4, 0.5) is 0 Å². The van der Waals surface area contributed by atoms with Gasteiger partial charge in [-0.15, -0.1) is 11.8 Å². The second-order valence-corrected chi connectivity index (χ2v) is 6.52. The third kappa shape index (κ3) is 4.12. The lowest BCUT2D eigenvalue weighted by atomic mass is 10.0. The summed E-state index contributed by atoms with van der Waals surface area (Å²) in [5.41, 5.74) is 2.06. The summed E-state index contributed by atoms with van der Waals surface area (Å²) in [5.74, 6) is -0.614. The zero-order valence-corrected chi connectivity index (χ0v) is 13.5. The molecular formula is C18H20O3S. The van der Waals surface area contributed by atoms with Crippen molar-refractivity contribution in [3.8, 4) is 0 Å². The summed E-state index contributed by atoms with van der Waals surface area (Å²) in [6.45, 7) is 3.45. The van der Waals surface area contributed by atoms with E-state index < -0.39 is 10.9 Å². The van der Waals surface area contributed by atoms with E-state index in [4.69, 9.17) is 4.74 Å². The molecule has 2 rings (SSSR count). The van der Waals surface area contributed by atoms with E-state index in [9.17, 15) is 9.90 Å². The third-order valence-corrected chi connectivity index (χ3v) is 4.61. The molecule has 116 valence electrons. The van der Waals surface area contributed by atoms with E-state index in [-0.39, 0.29) is 11.9 Å². The monoisotopic (exact) mass is 316 g/mol. The van der Waals surface area contributed by atoms with E-state index in [1.54, 1.807) is 6.92 Å². The molecule has 0 bridgehead atoms. The van der Waals surface area contributed by atoms with Gasteiger partial charge in [-0.05, 0) is 25.0 Å². The molecule has 0 aliphatic rings. The van der Waals surface area contributed by atoms with E-state index >= 15 is 0 Å². The molecule has 0 fully saturated rings. The first kappa shape index (κ1) is 16.6. The molecule has 1 N–H and O–H groups in total. The predicted molar refractivity (Wildman–Crippen MR) is 89.6 cm³/mol. The number of carbonyl (C=O) groups excluding carboxylic acids is 1. The first-order valence-electron chi connectivity index (χ1n) is 7.22. The van der Waals surface area contributed by atoms with Crippen LogP contribution in [-0.4, -0.2) is 22.6 Å². The number of aliphatic hydroxyl groups is 1. The number of thioether (sulfide) groups is 1. The molecule has 0 aliphatic carbocycles.